The van der Waals surface area contributed by atoms with Crippen LogP contribution in [0.5, 0.6) is 0 Å². The molecule has 152 valence electrons. The van der Waals surface area contributed by atoms with Gasteiger partial charge in [-0.2, -0.15) is 4.98 Å². The van der Waals surface area contributed by atoms with E-state index in [-0.39, 0.29) is 11.1 Å². The standard InChI is InChI=1S/C23H23N5O2/c1-13-5-10-16-17(11-13)26-20(25-16)14-6-8-15(9-7-14)24-21(29)18-12-19(23(2,3)4)28-22(30)27-18/h5-12H,1-4H3,(H,24,29)(H,25,26)(H,27,28,30). The molecule has 0 aliphatic rings. The van der Waals surface area contributed by atoms with Gasteiger partial charge in [0.1, 0.15) is 11.5 Å². The van der Waals surface area contributed by atoms with E-state index in [4.69, 9.17) is 0 Å². The first-order valence-electron chi connectivity index (χ1n) is 9.69. The smallest absolute Gasteiger partial charge is 0.338 e. The summed E-state index contributed by atoms with van der Waals surface area (Å²) >= 11 is 0. The molecule has 0 fully saturated rings. The van der Waals surface area contributed by atoms with Crippen LogP contribution < -0.4 is 11.0 Å². The van der Waals surface area contributed by atoms with Crippen LogP contribution in [0.1, 0.15) is 42.5 Å². The van der Waals surface area contributed by atoms with Crippen molar-refractivity contribution in [3.05, 3.63) is 76.0 Å². The number of anilines is 1. The fourth-order valence-corrected chi connectivity index (χ4v) is 3.14. The van der Waals surface area contributed by atoms with Crippen molar-refractivity contribution in [3.63, 3.8) is 0 Å². The van der Waals surface area contributed by atoms with Gasteiger partial charge in [0.2, 0.25) is 0 Å². The summed E-state index contributed by atoms with van der Waals surface area (Å²) in [5, 5.41) is 2.79. The molecule has 0 radical (unpaired) electrons. The zero-order valence-corrected chi connectivity index (χ0v) is 17.3. The molecule has 2 heterocycles. The first-order valence-corrected chi connectivity index (χ1v) is 9.69. The third-order valence-corrected chi connectivity index (χ3v) is 4.84. The third-order valence-electron chi connectivity index (χ3n) is 4.84. The molecule has 4 aromatic rings. The monoisotopic (exact) mass is 401 g/mol. The van der Waals surface area contributed by atoms with E-state index in [2.05, 4.69) is 31.3 Å². The van der Waals surface area contributed by atoms with Gasteiger partial charge in [-0.15, -0.1) is 0 Å². The van der Waals surface area contributed by atoms with Gasteiger partial charge in [0.25, 0.3) is 5.91 Å². The second-order valence-corrected chi connectivity index (χ2v) is 8.37. The first kappa shape index (κ1) is 19.6. The van der Waals surface area contributed by atoms with Crippen molar-refractivity contribution in [2.24, 2.45) is 0 Å². The van der Waals surface area contributed by atoms with E-state index in [1.54, 1.807) is 18.2 Å². The van der Waals surface area contributed by atoms with E-state index in [9.17, 15) is 9.59 Å². The zero-order valence-electron chi connectivity index (χ0n) is 17.3. The quantitative estimate of drug-likeness (QED) is 0.479. The Morgan fingerprint density at radius 2 is 1.70 bits per heavy atom. The van der Waals surface area contributed by atoms with E-state index in [0.29, 0.717) is 11.4 Å². The topological polar surface area (TPSA) is 104 Å². The number of aromatic amines is 2. The van der Waals surface area contributed by atoms with Gasteiger partial charge in [-0.05, 0) is 55.0 Å². The van der Waals surface area contributed by atoms with E-state index in [1.165, 1.54) is 5.56 Å². The molecule has 0 aliphatic carbocycles. The van der Waals surface area contributed by atoms with Crippen LogP contribution in [0.15, 0.2) is 53.3 Å². The lowest BCUT2D eigenvalue weighted by Crippen LogP contribution is -2.26. The van der Waals surface area contributed by atoms with Crippen LogP contribution in [-0.4, -0.2) is 25.8 Å². The minimum absolute atomic E-state index is 0.0837. The van der Waals surface area contributed by atoms with Gasteiger partial charge in [0, 0.05) is 22.4 Å². The van der Waals surface area contributed by atoms with Crippen molar-refractivity contribution in [1.82, 2.24) is 19.9 Å². The maximum Gasteiger partial charge on any atom is 0.345 e. The lowest BCUT2D eigenvalue weighted by molar-refractivity contribution is 0.102. The summed E-state index contributed by atoms with van der Waals surface area (Å²) in [6.45, 7) is 7.91. The molecular weight excluding hydrogens is 378 g/mol. The maximum absolute atomic E-state index is 12.6. The molecule has 0 saturated heterocycles. The van der Waals surface area contributed by atoms with Crippen molar-refractivity contribution in [2.75, 3.05) is 5.32 Å². The van der Waals surface area contributed by atoms with E-state index >= 15 is 0 Å². The SMILES string of the molecule is Cc1ccc2nc(-c3ccc(NC(=O)c4cc(C(C)(C)C)[nH]c(=O)n4)cc3)[nH]c2c1. The molecule has 0 unspecified atom stereocenters. The molecule has 30 heavy (non-hydrogen) atoms. The molecule has 7 heteroatoms. The average molecular weight is 401 g/mol. The molecule has 3 N–H and O–H groups in total. The number of carbonyl (C=O) groups excluding carboxylic acids is 1. The average Bonchev–Trinajstić information content (AvgIpc) is 3.10. The van der Waals surface area contributed by atoms with Crippen molar-refractivity contribution in [1.29, 1.82) is 0 Å². The van der Waals surface area contributed by atoms with Crippen LogP contribution in [0.4, 0.5) is 5.69 Å². The number of nitrogens with one attached hydrogen (secondary N) is 3. The van der Waals surface area contributed by atoms with Crippen molar-refractivity contribution >= 4 is 22.6 Å². The Kier molecular flexibility index (Phi) is 4.73. The number of benzene rings is 2. The molecule has 1 amide bonds. The number of hydrogen-bond acceptors (Lipinski definition) is 4. The Hall–Kier alpha value is -3.74. The summed E-state index contributed by atoms with van der Waals surface area (Å²) in [4.78, 5) is 38.9. The molecule has 0 bridgehead atoms. The van der Waals surface area contributed by atoms with Gasteiger partial charge >= 0.3 is 5.69 Å². The fourth-order valence-electron chi connectivity index (χ4n) is 3.14. The number of nitrogens with zero attached hydrogens (tertiary/aromatic N) is 2. The third kappa shape index (κ3) is 4.00. The normalized spacial score (nSPS) is 11.6. The number of carbonyl (C=O) groups is 1. The molecule has 0 spiro atoms. The molecule has 2 aromatic carbocycles. The lowest BCUT2D eigenvalue weighted by atomic mass is 9.91. The highest BCUT2D eigenvalue weighted by Crippen LogP contribution is 2.23. The second-order valence-electron chi connectivity index (χ2n) is 8.37. The van der Waals surface area contributed by atoms with Gasteiger partial charge in [-0.1, -0.05) is 26.8 Å². The molecular formula is C23H23N5O2. The van der Waals surface area contributed by atoms with E-state index < -0.39 is 11.6 Å². The number of fused-ring (bicyclic) bond motifs is 1. The first-order chi connectivity index (χ1) is 14.2. The molecule has 0 saturated carbocycles. The number of aromatic nitrogens is 4. The van der Waals surface area contributed by atoms with Gasteiger partial charge in [0.05, 0.1) is 11.0 Å². The number of H-pyrrole nitrogens is 2. The number of imidazole rings is 1. The Bertz CT molecular complexity index is 1290. The summed E-state index contributed by atoms with van der Waals surface area (Å²) < 4.78 is 0. The molecule has 2 aromatic heterocycles. The summed E-state index contributed by atoms with van der Waals surface area (Å²) in [5.74, 6) is 0.332. The number of aryl methyl sites for hydroxylation is 1. The summed E-state index contributed by atoms with van der Waals surface area (Å²) in [5.41, 5.74) is 4.47. The van der Waals surface area contributed by atoms with Crippen LogP contribution in [0.25, 0.3) is 22.4 Å². The number of hydrogen-bond donors (Lipinski definition) is 3. The van der Waals surface area contributed by atoms with Crippen LogP contribution in [0.2, 0.25) is 0 Å². The fraction of sp³-hybridized carbons (Fsp3) is 0.217. The number of rotatable bonds is 3. The van der Waals surface area contributed by atoms with Gasteiger partial charge in [-0.3, -0.25) is 4.79 Å². The van der Waals surface area contributed by atoms with Gasteiger partial charge in [-0.25, -0.2) is 9.78 Å². The van der Waals surface area contributed by atoms with Crippen molar-refractivity contribution < 1.29 is 4.79 Å². The summed E-state index contributed by atoms with van der Waals surface area (Å²) in [6.07, 6.45) is 0. The molecule has 4 rings (SSSR count). The minimum atomic E-state index is -0.539. The van der Waals surface area contributed by atoms with Crippen LogP contribution in [0.3, 0.4) is 0 Å². The van der Waals surface area contributed by atoms with Crippen LogP contribution >= 0.6 is 0 Å². The Morgan fingerprint density at radius 3 is 2.40 bits per heavy atom. The minimum Gasteiger partial charge on any atom is -0.338 e. The van der Waals surface area contributed by atoms with Gasteiger partial charge < -0.3 is 15.3 Å². The van der Waals surface area contributed by atoms with Crippen LogP contribution in [0, 0.1) is 6.92 Å². The molecule has 0 aliphatic heterocycles. The predicted octanol–water partition coefficient (Wildman–Crippen LogP) is 4.17. The van der Waals surface area contributed by atoms with E-state index in [0.717, 1.165) is 22.4 Å². The largest absolute Gasteiger partial charge is 0.345 e. The highest BCUT2D eigenvalue weighted by atomic mass is 16.2. The van der Waals surface area contributed by atoms with Gasteiger partial charge in [0.15, 0.2) is 0 Å². The highest BCUT2D eigenvalue weighted by molar-refractivity contribution is 6.03. The summed E-state index contributed by atoms with van der Waals surface area (Å²) in [7, 11) is 0. The van der Waals surface area contributed by atoms with Crippen molar-refractivity contribution in [2.45, 2.75) is 33.1 Å². The van der Waals surface area contributed by atoms with Crippen LogP contribution in [-0.2, 0) is 5.41 Å². The Morgan fingerprint density at radius 1 is 0.967 bits per heavy atom. The van der Waals surface area contributed by atoms with Crippen molar-refractivity contribution in [3.8, 4) is 11.4 Å². The maximum atomic E-state index is 12.6. The summed E-state index contributed by atoms with van der Waals surface area (Å²) in [6, 6.07) is 15.0. The highest BCUT2D eigenvalue weighted by Gasteiger charge is 2.19. The Labute approximate surface area is 173 Å². The number of amides is 1. The molecule has 0 atom stereocenters. The molecule has 7 nitrogen and oxygen atoms in total. The second kappa shape index (κ2) is 7.26. The van der Waals surface area contributed by atoms with E-state index in [1.807, 2.05) is 52.0 Å². The lowest BCUT2D eigenvalue weighted by Gasteiger charge is -2.18. The zero-order chi connectivity index (χ0) is 21.5. The Balaban J connectivity index is 1.55. The predicted molar refractivity (Wildman–Crippen MR) is 118 cm³/mol.